The van der Waals surface area contributed by atoms with Crippen LogP contribution in [0.4, 0.5) is 5.00 Å². The Labute approximate surface area is 177 Å². The number of anilines is 1. The van der Waals surface area contributed by atoms with Crippen LogP contribution in [0.15, 0.2) is 27.8 Å². The molecular weight excluding hydrogens is 408 g/mol. The molecule has 6 nitrogen and oxygen atoms in total. The van der Waals surface area contributed by atoms with Crippen molar-refractivity contribution in [3.05, 3.63) is 39.8 Å². The minimum atomic E-state index is -0.357. The molecule has 2 aromatic heterocycles. The van der Waals surface area contributed by atoms with Gasteiger partial charge in [-0.1, -0.05) is 17.8 Å². The van der Waals surface area contributed by atoms with E-state index < -0.39 is 0 Å². The van der Waals surface area contributed by atoms with Gasteiger partial charge < -0.3 is 14.5 Å². The highest BCUT2D eigenvalue weighted by molar-refractivity contribution is 7.99. The lowest BCUT2D eigenvalue weighted by atomic mass is 9.95. The van der Waals surface area contributed by atoms with Gasteiger partial charge in [0.15, 0.2) is 5.58 Å². The zero-order chi connectivity index (χ0) is 20.4. The number of thiophene rings is 1. The molecule has 0 saturated carbocycles. The van der Waals surface area contributed by atoms with E-state index in [4.69, 9.17) is 9.15 Å². The quantitative estimate of drug-likeness (QED) is 0.439. The van der Waals surface area contributed by atoms with Gasteiger partial charge >= 0.3 is 5.97 Å². The third kappa shape index (κ3) is 4.33. The number of hydrogen-bond acceptors (Lipinski definition) is 7. The number of amides is 1. The molecule has 0 aliphatic heterocycles. The van der Waals surface area contributed by atoms with Crippen molar-refractivity contribution in [1.82, 2.24) is 4.98 Å². The van der Waals surface area contributed by atoms with Crippen LogP contribution in [0.2, 0.25) is 0 Å². The first-order chi connectivity index (χ1) is 14.0. The lowest BCUT2D eigenvalue weighted by Gasteiger charge is -2.12. The first-order valence-electron chi connectivity index (χ1n) is 9.66. The minimum Gasteiger partial charge on any atom is -0.462 e. The fourth-order valence-corrected chi connectivity index (χ4v) is 5.37. The van der Waals surface area contributed by atoms with Crippen molar-refractivity contribution in [3.8, 4) is 0 Å². The molecule has 0 atom stereocenters. The summed E-state index contributed by atoms with van der Waals surface area (Å²) in [5, 5.41) is 3.96. The average Bonchev–Trinajstić information content (AvgIpc) is 3.26. The van der Waals surface area contributed by atoms with E-state index in [2.05, 4.69) is 10.3 Å². The van der Waals surface area contributed by atoms with E-state index in [0.717, 1.165) is 42.3 Å². The van der Waals surface area contributed by atoms with Crippen molar-refractivity contribution in [1.29, 1.82) is 0 Å². The topological polar surface area (TPSA) is 81.4 Å². The van der Waals surface area contributed by atoms with Gasteiger partial charge in [-0.25, -0.2) is 9.78 Å². The second-order valence-corrected chi connectivity index (χ2v) is 8.96. The van der Waals surface area contributed by atoms with Gasteiger partial charge in [0.2, 0.25) is 5.91 Å². The van der Waals surface area contributed by atoms with Gasteiger partial charge in [0.05, 0.1) is 17.9 Å². The van der Waals surface area contributed by atoms with Crippen molar-refractivity contribution >= 4 is 51.1 Å². The maximum absolute atomic E-state index is 12.6. The van der Waals surface area contributed by atoms with Crippen molar-refractivity contribution in [2.45, 2.75) is 44.8 Å². The van der Waals surface area contributed by atoms with Crippen LogP contribution >= 0.6 is 23.1 Å². The number of thioether (sulfide) groups is 1. The first-order valence-corrected chi connectivity index (χ1v) is 11.5. The Hall–Kier alpha value is -2.32. The predicted molar refractivity (Wildman–Crippen MR) is 115 cm³/mol. The zero-order valence-electron chi connectivity index (χ0n) is 16.4. The van der Waals surface area contributed by atoms with Gasteiger partial charge in [0, 0.05) is 4.88 Å². The van der Waals surface area contributed by atoms with E-state index in [1.165, 1.54) is 28.0 Å². The molecule has 1 aliphatic carbocycles. The van der Waals surface area contributed by atoms with E-state index in [1.807, 2.05) is 25.1 Å². The highest BCUT2D eigenvalue weighted by atomic mass is 32.2. The van der Waals surface area contributed by atoms with Crippen LogP contribution in [0.25, 0.3) is 11.1 Å². The Balaban J connectivity index is 1.47. The Morgan fingerprint density at radius 1 is 1.31 bits per heavy atom. The largest absolute Gasteiger partial charge is 0.462 e. The second kappa shape index (κ2) is 8.59. The molecule has 0 fully saturated rings. The molecule has 1 aliphatic rings. The van der Waals surface area contributed by atoms with E-state index in [0.29, 0.717) is 28.0 Å². The van der Waals surface area contributed by atoms with Gasteiger partial charge in [0.25, 0.3) is 5.22 Å². The molecular formula is C21H22N2O4S2. The lowest BCUT2D eigenvalue weighted by molar-refractivity contribution is -0.113. The van der Waals surface area contributed by atoms with E-state index in [9.17, 15) is 9.59 Å². The standard InChI is InChI=1S/C21H22N2O4S2/c1-3-26-20(25)18-13-6-4-5-7-16(13)29-19(18)23-17(24)11-28-21-22-14-10-12(2)8-9-15(14)27-21/h8-10H,3-7,11H2,1-2H3,(H,23,24). The number of carbonyl (C=O) groups excluding carboxylic acids is 2. The summed E-state index contributed by atoms with van der Waals surface area (Å²) in [6, 6.07) is 5.79. The lowest BCUT2D eigenvalue weighted by Crippen LogP contribution is -2.17. The Morgan fingerprint density at radius 2 is 2.14 bits per heavy atom. The van der Waals surface area contributed by atoms with Gasteiger partial charge in [-0.15, -0.1) is 11.3 Å². The molecule has 29 heavy (non-hydrogen) atoms. The number of aromatic nitrogens is 1. The molecule has 4 rings (SSSR count). The van der Waals surface area contributed by atoms with Crippen LogP contribution in [0.1, 0.15) is 46.1 Å². The number of ether oxygens (including phenoxy) is 1. The summed E-state index contributed by atoms with van der Waals surface area (Å²) >= 11 is 2.73. The van der Waals surface area contributed by atoms with Crippen LogP contribution < -0.4 is 5.32 Å². The highest BCUT2D eigenvalue weighted by Gasteiger charge is 2.27. The molecule has 2 heterocycles. The van der Waals surface area contributed by atoms with Gasteiger partial charge in [-0.2, -0.15) is 0 Å². The number of rotatable bonds is 6. The maximum Gasteiger partial charge on any atom is 0.341 e. The summed E-state index contributed by atoms with van der Waals surface area (Å²) in [6.45, 7) is 4.09. The van der Waals surface area contributed by atoms with Crippen LogP contribution in [0, 0.1) is 6.92 Å². The summed E-state index contributed by atoms with van der Waals surface area (Å²) in [7, 11) is 0. The molecule has 0 saturated heterocycles. The number of esters is 1. The number of carbonyl (C=O) groups is 2. The molecule has 152 valence electrons. The molecule has 0 bridgehead atoms. The summed E-state index contributed by atoms with van der Waals surface area (Å²) in [5.74, 6) is -0.404. The molecule has 0 radical (unpaired) electrons. The molecule has 0 spiro atoms. The summed E-state index contributed by atoms with van der Waals surface area (Å²) in [5.41, 5.74) is 4.16. The Morgan fingerprint density at radius 3 is 2.97 bits per heavy atom. The van der Waals surface area contributed by atoms with Crippen LogP contribution in [-0.2, 0) is 22.4 Å². The van der Waals surface area contributed by atoms with Gasteiger partial charge in [0.1, 0.15) is 10.5 Å². The normalized spacial score (nSPS) is 13.3. The molecule has 1 N–H and O–H groups in total. The molecule has 0 unspecified atom stereocenters. The SMILES string of the molecule is CCOC(=O)c1c(NC(=O)CSc2nc3cc(C)ccc3o2)sc2c1CCCC2. The molecule has 8 heteroatoms. The summed E-state index contributed by atoms with van der Waals surface area (Å²) in [6.07, 6.45) is 3.96. The zero-order valence-corrected chi connectivity index (χ0v) is 18.0. The summed E-state index contributed by atoms with van der Waals surface area (Å²) < 4.78 is 10.9. The predicted octanol–water partition coefficient (Wildman–Crippen LogP) is 4.98. The fourth-order valence-electron chi connectivity index (χ4n) is 3.44. The molecule has 1 amide bonds. The monoisotopic (exact) mass is 430 g/mol. The Bertz CT molecular complexity index is 1070. The van der Waals surface area contributed by atoms with Crippen LogP contribution in [0.3, 0.4) is 0 Å². The number of fused-ring (bicyclic) bond motifs is 2. The third-order valence-electron chi connectivity index (χ3n) is 4.75. The van der Waals surface area contributed by atoms with Gasteiger partial charge in [-0.3, -0.25) is 4.79 Å². The fraction of sp³-hybridized carbons (Fsp3) is 0.381. The first kappa shape index (κ1) is 20.0. The van der Waals surface area contributed by atoms with E-state index >= 15 is 0 Å². The number of oxazole rings is 1. The number of nitrogens with zero attached hydrogens (tertiary/aromatic N) is 1. The summed E-state index contributed by atoms with van der Waals surface area (Å²) in [4.78, 5) is 30.6. The molecule has 1 aromatic carbocycles. The van der Waals surface area contributed by atoms with E-state index in [-0.39, 0.29) is 17.6 Å². The second-order valence-electron chi connectivity index (χ2n) is 6.92. The minimum absolute atomic E-state index is 0.149. The van der Waals surface area contributed by atoms with Crippen molar-refractivity contribution in [2.24, 2.45) is 0 Å². The van der Waals surface area contributed by atoms with Gasteiger partial charge in [-0.05, 0) is 62.8 Å². The number of nitrogens with one attached hydrogen (secondary N) is 1. The highest BCUT2D eigenvalue weighted by Crippen LogP contribution is 2.38. The number of hydrogen-bond donors (Lipinski definition) is 1. The van der Waals surface area contributed by atoms with Crippen molar-refractivity contribution in [3.63, 3.8) is 0 Å². The smallest absolute Gasteiger partial charge is 0.341 e. The van der Waals surface area contributed by atoms with Crippen LogP contribution in [-0.4, -0.2) is 29.2 Å². The molecule has 3 aromatic rings. The average molecular weight is 431 g/mol. The van der Waals surface area contributed by atoms with E-state index in [1.54, 1.807) is 6.92 Å². The number of aryl methyl sites for hydroxylation is 2. The van der Waals surface area contributed by atoms with Crippen molar-refractivity contribution in [2.75, 3.05) is 17.7 Å². The maximum atomic E-state index is 12.6. The Kier molecular flexibility index (Phi) is 5.91. The third-order valence-corrected chi connectivity index (χ3v) is 6.79. The number of benzene rings is 1. The van der Waals surface area contributed by atoms with Crippen molar-refractivity contribution < 1.29 is 18.7 Å². The van der Waals surface area contributed by atoms with Crippen LogP contribution in [0.5, 0.6) is 0 Å².